The van der Waals surface area contributed by atoms with Gasteiger partial charge in [0.05, 0.1) is 0 Å². The Labute approximate surface area is 224 Å². The van der Waals surface area contributed by atoms with Gasteiger partial charge in [-0.05, 0) is 64.9 Å². The predicted octanol–water partition coefficient (Wildman–Crippen LogP) is 9.92. The van der Waals surface area contributed by atoms with Crippen LogP contribution in [0.3, 0.4) is 0 Å². The molecule has 0 aliphatic carbocycles. The molecule has 0 bridgehead atoms. The second kappa shape index (κ2) is 11.8. The number of rotatable bonds is 8. The minimum Gasteiger partial charge on any atom is -0.399 e. The Morgan fingerprint density at radius 1 is 0.675 bits per heavy atom. The number of hydrogen-bond acceptors (Lipinski definition) is 1. The van der Waals surface area contributed by atoms with Crippen molar-refractivity contribution >= 4 is 5.83 Å². The van der Waals surface area contributed by atoms with E-state index in [1.165, 1.54) is 24.3 Å². The second-order valence-corrected chi connectivity index (χ2v) is 8.77. The lowest BCUT2D eigenvalue weighted by atomic mass is 9.97. The molecule has 0 fully saturated rings. The van der Waals surface area contributed by atoms with Gasteiger partial charge in [0.25, 0.3) is 0 Å². The van der Waals surface area contributed by atoms with Gasteiger partial charge in [-0.15, -0.1) is 13.2 Å². The Bertz CT molecular complexity index is 1530. The molecule has 0 heterocycles. The molecule has 0 aliphatic heterocycles. The Kier molecular flexibility index (Phi) is 8.42. The summed E-state index contributed by atoms with van der Waals surface area (Å²) in [6.45, 7) is 3.20. The number of hydrogen-bond donors (Lipinski definition) is 0. The Balaban J connectivity index is 1.45. The summed E-state index contributed by atoms with van der Waals surface area (Å²) in [4.78, 5) is 0. The van der Waals surface area contributed by atoms with Crippen LogP contribution < -0.4 is 4.74 Å². The summed E-state index contributed by atoms with van der Waals surface area (Å²) in [5.74, 6) is -7.68. The molecule has 4 aromatic rings. The number of alkyl halides is 3. The minimum atomic E-state index is -5.29. The van der Waals surface area contributed by atoms with Crippen molar-refractivity contribution in [3.63, 3.8) is 0 Å². The highest BCUT2D eigenvalue weighted by Gasteiger charge is 2.34. The summed E-state index contributed by atoms with van der Waals surface area (Å²) in [7, 11) is 0. The summed E-state index contributed by atoms with van der Waals surface area (Å²) < 4.78 is 111. The molecule has 0 N–H and O–H groups in total. The fraction of sp³-hybridized carbons (Fsp3) is 0.0968. The molecule has 0 aromatic heterocycles. The van der Waals surface area contributed by atoms with Crippen LogP contribution in [-0.2, 0) is 12.8 Å². The van der Waals surface area contributed by atoms with Gasteiger partial charge in [-0.1, -0.05) is 67.2 Å². The smallest absolute Gasteiger partial charge is 0.399 e. The van der Waals surface area contributed by atoms with Crippen molar-refractivity contribution in [3.8, 4) is 28.0 Å². The van der Waals surface area contributed by atoms with Gasteiger partial charge in [-0.2, -0.15) is 0 Å². The van der Waals surface area contributed by atoms with Crippen molar-refractivity contribution < 1.29 is 39.9 Å². The van der Waals surface area contributed by atoms with E-state index in [1.807, 2.05) is 12.1 Å². The van der Waals surface area contributed by atoms with Gasteiger partial charge < -0.3 is 4.74 Å². The van der Waals surface area contributed by atoms with Crippen molar-refractivity contribution in [3.05, 3.63) is 131 Å². The first-order chi connectivity index (χ1) is 18.9. The third kappa shape index (κ3) is 6.77. The maximum absolute atomic E-state index is 14.9. The van der Waals surface area contributed by atoms with Gasteiger partial charge in [0.15, 0.2) is 23.3 Å². The molecule has 0 radical (unpaired) electrons. The third-order valence-electron chi connectivity index (χ3n) is 6.08. The van der Waals surface area contributed by atoms with E-state index in [0.29, 0.717) is 36.1 Å². The molecule has 0 unspecified atom stereocenters. The molecule has 0 atom stereocenters. The standard InChI is InChI=1S/C31H20F8O/c1-2-25(32)29(36)21-11-7-19(8-12-21)4-3-18-5-9-20(10-6-18)22-13-14-24(26(33)15-22)23-16-27(34)30(28(35)17-23)40-31(37,38)39/h2,5-17H,1,3-4H2/b29-25+. The van der Waals surface area contributed by atoms with Gasteiger partial charge in [0.2, 0.25) is 5.75 Å². The maximum atomic E-state index is 14.9. The Hall–Kier alpha value is -4.40. The van der Waals surface area contributed by atoms with Gasteiger partial charge in [-0.25, -0.2) is 22.0 Å². The third-order valence-corrected chi connectivity index (χ3v) is 6.08. The number of ether oxygens (including phenoxy) is 1. The first kappa shape index (κ1) is 28.6. The average molecular weight is 560 g/mol. The lowest BCUT2D eigenvalue weighted by Gasteiger charge is -2.13. The van der Waals surface area contributed by atoms with Crippen LogP contribution in [0.1, 0.15) is 16.7 Å². The van der Waals surface area contributed by atoms with E-state index in [1.54, 1.807) is 24.3 Å². The quantitative estimate of drug-likeness (QED) is 0.154. The Morgan fingerprint density at radius 3 is 1.68 bits per heavy atom. The van der Waals surface area contributed by atoms with Gasteiger partial charge in [0.1, 0.15) is 5.82 Å². The van der Waals surface area contributed by atoms with Crippen molar-refractivity contribution in [2.24, 2.45) is 0 Å². The van der Waals surface area contributed by atoms with Crippen LogP contribution in [0.25, 0.3) is 28.1 Å². The number of halogens is 8. The van der Waals surface area contributed by atoms with E-state index in [0.717, 1.165) is 23.3 Å². The number of allylic oxidation sites excluding steroid dienone is 2. The second-order valence-electron chi connectivity index (χ2n) is 8.77. The van der Waals surface area contributed by atoms with E-state index in [-0.39, 0.29) is 16.7 Å². The van der Waals surface area contributed by atoms with Crippen LogP contribution in [0.15, 0.2) is 97.3 Å². The number of benzene rings is 4. The fourth-order valence-electron chi connectivity index (χ4n) is 4.06. The van der Waals surface area contributed by atoms with Crippen molar-refractivity contribution in [1.29, 1.82) is 0 Å². The summed E-state index contributed by atoms with van der Waals surface area (Å²) in [6, 6.07) is 18.7. The molecule has 4 aromatic carbocycles. The molecule has 4 rings (SSSR count). The number of aryl methyl sites for hydroxylation is 2. The lowest BCUT2D eigenvalue weighted by molar-refractivity contribution is -0.276. The largest absolute Gasteiger partial charge is 0.573 e. The SMILES string of the molecule is C=C/C(F)=C(\F)c1ccc(CCc2ccc(-c3ccc(-c4cc(F)c(OC(F)(F)F)c(F)c4)c(F)c3)cc2)cc1. The summed E-state index contributed by atoms with van der Waals surface area (Å²) in [5, 5.41) is 0. The summed E-state index contributed by atoms with van der Waals surface area (Å²) in [6.07, 6.45) is -3.20. The highest BCUT2D eigenvalue weighted by molar-refractivity contribution is 5.72. The normalized spacial score (nSPS) is 12.2. The van der Waals surface area contributed by atoms with Crippen LogP contribution >= 0.6 is 0 Å². The molecule has 0 amide bonds. The highest BCUT2D eigenvalue weighted by Crippen LogP contribution is 2.35. The van der Waals surface area contributed by atoms with E-state index in [9.17, 15) is 35.1 Å². The monoisotopic (exact) mass is 560 g/mol. The maximum Gasteiger partial charge on any atom is 0.573 e. The average Bonchev–Trinajstić information content (AvgIpc) is 2.93. The molecular formula is C31H20F8O. The highest BCUT2D eigenvalue weighted by atomic mass is 19.4. The van der Waals surface area contributed by atoms with Crippen molar-refractivity contribution in [2.75, 3.05) is 0 Å². The first-order valence-corrected chi connectivity index (χ1v) is 11.9. The molecule has 40 heavy (non-hydrogen) atoms. The van der Waals surface area contributed by atoms with E-state index >= 15 is 0 Å². The van der Waals surface area contributed by atoms with Crippen LogP contribution in [0.2, 0.25) is 0 Å². The summed E-state index contributed by atoms with van der Waals surface area (Å²) in [5.41, 5.74) is 2.65. The zero-order chi connectivity index (χ0) is 29.0. The molecule has 0 aliphatic rings. The lowest BCUT2D eigenvalue weighted by Crippen LogP contribution is -2.19. The van der Waals surface area contributed by atoms with Crippen LogP contribution in [0, 0.1) is 17.5 Å². The van der Waals surface area contributed by atoms with Crippen LogP contribution in [-0.4, -0.2) is 6.36 Å². The molecule has 206 valence electrons. The predicted molar refractivity (Wildman–Crippen MR) is 137 cm³/mol. The zero-order valence-electron chi connectivity index (χ0n) is 20.6. The molecule has 0 saturated heterocycles. The molecule has 0 spiro atoms. The molecular weight excluding hydrogens is 540 g/mol. The minimum absolute atomic E-state index is 0.117. The molecule has 0 saturated carbocycles. The van der Waals surface area contributed by atoms with Crippen molar-refractivity contribution in [1.82, 2.24) is 0 Å². The topological polar surface area (TPSA) is 9.23 Å². The van der Waals surface area contributed by atoms with Gasteiger partial charge >= 0.3 is 6.36 Å². The van der Waals surface area contributed by atoms with E-state index in [2.05, 4.69) is 11.3 Å². The summed E-state index contributed by atoms with van der Waals surface area (Å²) >= 11 is 0. The van der Waals surface area contributed by atoms with Gasteiger partial charge in [-0.3, -0.25) is 0 Å². The fourth-order valence-corrected chi connectivity index (χ4v) is 4.06. The van der Waals surface area contributed by atoms with Crippen LogP contribution in [0.5, 0.6) is 5.75 Å². The van der Waals surface area contributed by atoms with E-state index in [4.69, 9.17) is 0 Å². The van der Waals surface area contributed by atoms with Crippen LogP contribution in [0.4, 0.5) is 35.1 Å². The molecule has 9 heteroatoms. The van der Waals surface area contributed by atoms with Gasteiger partial charge in [0, 0.05) is 11.1 Å². The van der Waals surface area contributed by atoms with Crippen molar-refractivity contribution in [2.45, 2.75) is 19.2 Å². The zero-order valence-corrected chi connectivity index (χ0v) is 20.6. The van der Waals surface area contributed by atoms with E-state index < -0.39 is 41.2 Å². The Morgan fingerprint density at radius 2 is 1.18 bits per heavy atom. The molecule has 1 nitrogen and oxygen atoms in total. The first-order valence-electron chi connectivity index (χ1n) is 11.9.